The van der Waals surface area contributed by atoms with E-state index in [2.05, 4.69) is 10.6 Å². The monoisotopic (exact) mass is 240 g/mol. The van der Waals surface area contributed by atoms with Crippen LogP contribution in [0.15, 0.2) is 0 Å². The molecule has 0 radical (unpaired) electrons. The average molecular weight is 240 g/mol. The van der Waals surface area contributed by atoms with E-state index in [9.17, 15) is 9.59 Å². The Morgan fingerprint density at radius 3 is 2.53 bits per heavy atom. The number of hydrogen-bond acceptors (Lipinski definition) is 3. The fourth-order valence-corrected chi connectivity index (χ4v) is 2.33. The van der Waals surface area contributed by atoms with Gasteiger partial charge in [0.1, 0.15) is 0 Å². The molecule has 2 fully saturated rings. The van der Waals surface area contributed by atoms with E-state index in [1.807, 2.05) is 0 Å². The third-order valence-electron chi connectivity index (χ3n) is 3.56. The second kappa shape index (κ2) is 5.49. The number of nitrogens with one attached hydrogen (secondary N) is 2. The SMILES string of the molecule is O=C(CNCC1CC1)N[C@H]1CC[C@@H](C(=O)O)C1. The first-order chi connectivity index (χ1) is 8.15. The first-order valence-electron chi connectivity index (χ1n) is 6.38. The molecule has 17 heavy (non-hydrogen) atoms. The molecule has 2 aliphatic carbocycles. The van der Waals surface area contributed by atoms with Crippen LogP contribution in [0.2, 0.25) is 0 Å². The highest BCUT2D eigenvalue weighted by Gasteiger charge is 2.30. The Labute approximate surface area is 101 Å². The zero-order valence-electron chi connectivity index (χ0n) is 9.95. The van der Waals surface area contributed by atoms with Gasteiger partial charge in [-0.25, -0.2) is 0 Å². The lowest BCUT2D eigenvalue weighted by atomic mass is 10.1. The fourth-order valence-electron chi connectivity index (χ4n) is 2.33. The Hall–Kier alpha value is -1.10. The zero-order valence-corrected chi connectivity index (χ0v) is 9.95. The van der Waals surface area contributed by atoms with Crippen molar-refractivity contribution < 1.29 is 14.7 Å². The first kappa shape index (κ1) is 12.4. The summed E-state index contributed by atoms with van der Waals surface area (Å²) in [5.74, 6) is -0.263. The van der Waals surface area contributed by atoms with E-state index in [1.54, 1.807) is 0 Å². The van der Waals surface area contributed by atoms with E-state index in [0.717, 1.165) is 18.9 Å². The maximum Gasteiger partial charge on any atom is 0.306 e. The highest BCUT2D eigenvalue weighted by molar-refractivity contribution is 5.78. The molecule has 2 aliphatic rings. The highest BCUT2D eigenvalue weighted by atomic mass is 16.4. The Morgan fingerprint density at radius 1 is 1.18 bits per heavy atom. The second-order valence-corrected chi connectivity index (χ2v) is 5.19. The number of carbonyl (C=O) groups is 2. The summed E-state index contributed by atoms with van der Waals surface area (Å²) in [5, 5.41) is 14.9. The lowest BCUT2D eigenvalue weighted by Crippen LogP contribution is -2.40. The van der Waals surface area contributed by atoms with Crippen molar-refractivity contribution in [2.45, 2.75) is 38.1 Å². The van der Waals surface area contributed by atoms with Gasteiger partial charge < -0.3 is 15.7 Å². The molecule has 0 saturated heterocycles. The number of carboxylic acids is 1. The maximum atomic E-state index is 11.6. The molecular formula is C12H20N2O3. The van der Waals surface area contributed by atoms with E-state index < -0.39 is 5.97 Å². The number of amides is 1. The predicted molar refractivity (Wildman–Crippen MR) is 62.5 cm³/mol. The van der Waals surface area contributed by atoms with Gasteiger partial charge in [0.05, 0.1) is 12.5 Å². The van der Waals surface area contributed by atoms with Gasteiger partial charge in [-0.15, -0.1) is 0 Å². The second-order valence-electron chi connectivity index (χ2n) is 5.19. The Balaban J connectivity index is 1.59. The van der Waals surface area contributed by atoms with Gasteiger partial charge in [0.25, 0.3) is 0 Å². The van der Waals surface area contributed by atoms with Crippen molar-refractivity contribution in [3.63, 3.8) is 0 Å². The van der Waals surface area contributed by atoms with Crippen LogP contribution in [-0.4, -0.2) is 36.1 Å². The van der Waals surface area contributed by atoms with E-state index >= 15 is 0 Å². The van der Waals surface area contributed by atoms with Crippen LogP contribution >= 0.6 is 0 Å². The van der Waals surface area contributed by atoms with Crippen LogP contribution in [0.25, 0.3) is 0 Å². The van der Waals surface area contributed by atoms with Crippen molar-refractivity contribution >= 4 is 11.9 Å². The molecule has 0 bridgehead atoms. The molecule has 3 N–H and O–H groups in total. The van der Waals surface area contributed by atoms with Crippen molar-refractivity contribution in [3.8, 4) is 0 Å². The standard InChI is InChI=1S/C12H20N2O3/c15-11(7-13-6-8-1-2-8)14-10-4-3-9(5-10)12(16)17/h8-10,13H,1-7H2,(H,14,15)(H,16,17)/t9-,10+/m1/s1. The van der Waals surface area contributed by atoms with Crippen LogP contribution < -0.4 is 10.6 Å². The molecular weight excluding hydrogens is 220 g/mol. The van der Waals surface area contributed by atoms with Gasteiger partial charge in [-0.3, -0.25) is 9.59 Å². The van der Waals surface area contributed by atoms with Crippen LogP contribution in [0.4, 0.5) is 0 Å². The van der Waals surface area contributed by atoms with Crippen LogP contribution in [0, 0.1) is 11.8 Å². The predicted octanol–water partition coefficient (Wildman–Crippen LogP) is 0.355. The minimum Gasteiger partial charge on any atom is -0.481 e. The minimum atomic E-state index is -0.742. The summed E-state index contributed by atoms with van der Waals surface area (Å²) < 4.78 is 0. The van der Waals surface area contributed by atoms with Crippen LogP contribution in [0.1, 0.15) is 32.1 Å². The van der Waals surface area contributed by atoms with Crippen LogP contribution in [0.5, 0.6) is 0 Å². The third kappa shape index (κ3) is 4.00. The van der Waals surface area contributed by atoms with Gasteiger partial charge >= 0.3 is 5.97 Å². The molecule has 0 aliphatic heterocycles. The van der Waals surface area contributed by atoms with Gasteiger partial charge in [0.2, 0.25) is 5.91 Å². The number of hydrogen-bond donors (Lipinski definition) is 3. The largest absolute Gasteiger partial charge is 0.481 e. The van der Waals surface area contributed by atoms with Crippen molar-refractivity contribution in [1.29, 1.82) is 0 Å². The number of aliphatic carboxylic acids is 1. The van der Waals surface area contributed by atoms with Gasteiger partial charge in [-0.2, -0.15) is 0 Å². The molecule has 2 saturated carbocycles. The Kier molecular flexibility index (Phi) is 3.99. The first-order valence-corrected chi connectivity index (χ1v) is 6.38. The molecule has 0 aromatic carbocycles. The quantitative estimate of drug-likeness (QED) is 0.626. The van der Waals surface area contributed by atoms with E-state index in [0.29, 0.717) is 19.4 Å². The fraction of sp³-hybridized carbons (Fsp3) is 0.833. The summed E-state index contributed by atoms with van der Waals surface area (Å²) in [6.07, 6.45) is 4.58. The lowest BCUT2D eigenvalue weighted by molar-refractivity contribution is -0.141. The van der Waals surface area contributed by atoms with Gasteiger partial charge in [0, 0.05) is 6.04 Å². The molecule has 0 spiro atoms. The average Bonchev–Trinajstić information content (AvgIpc) is 2.96. The normalized spacial score (nSPS) is 28.0. The molecule has 0 aromatic heterocycles. The summed E-state index contributed by atoms with van der Waals surface area (Å²) in [4.78, 5) is 22.3. The molecule has 2 rings (SSSR count). The summed E-state index contributed by atoms with van der Waals surface area (Å²) in [6.45, 7) is 1.28. The third-order valence-corrected chi connectivity index (χ3v) is 3.56. The van der Waals surface area contributed by atoms with E-state index in [-0.39, 0.29) is 17.9 Å². The van der Waals surface area contributed by atoms with Crippen molar-refractivity contribution in [1.82, 2.24) is 10.6 Å². The summed E-state index contributed by atoms with van der Waals surface area (Å²) in [5.41, 5.74) is 0. The van der Waals surface area contributed by atoms with Crippen molar-refractivity contribution in [3.05, 3.63) is 0 Å². The molecule has 2 atom stereocenters. The molecule has 96 valence electrons. The maximum absolute atomic E-state index is 11.6. The van der Waals surface area contributed by atoms with E-state index in [4.69, 9.17) is 5.11 Å². The lowest BCUT2D eigenvalue weighted by Gasteiger charge is -2.12. The minimum absolute atomic E-state index is 0.0123. The van der Waals surface area contributed by atoms with Crippen molar-refractivity contribution in [2.24, 2.45) is 11.8 Å². The molecule has 0 aromatic rings. The molecule has 5 heteroatoms. The number of carboxylic acid groups (broad SMARTS) is 1. The van der Waals surface area contributed by atoms with E-state index in [1.165, 1.54) is 12.8 Å². The summed E-state index contributed by atoms with van der Waals surface area (Å²) in [7, 11) is 0. The summed E-state index contributed by atoms with van der Waals surface area (Å²) >= 11 is 0. The molecule has 1 amide bonds. The van der Waals surface area contributed by atoms with Gasteiger partial charge in [-0.1, -0.05) is 0 Å². The number of rotatable bonds is 6. The van der Waals surface area contributed by atoms with Crippen molar-refractivity contribution in [2.75, 3.05) is 13.1 Å². The smallest absolute Gasteiger partial charge is 0.306 e. The molecule has 0 unspecified atom stereocenters. The van der Waals surface area contributed by atoms with Gasteiger partial charge in [0.15, 0.2) is 0 Å². The number of carbonyl (C=O) groups excluding carboxylic acids is 1. The van der Waals surface area contributed by atoms with Gasteiger partial charge in [-0.05, 0) is 44.6 Å². The molecule has 5 nitrogen and oxygen atoms in total. The van der Waals surface area contributed by atoms with Crippen LogP contribution in [0.3, 0.4) is 0 Å². The topological polar surface area (TPSA) is 78.4 Å². The Bertz CT molecular complexity index is 302. The Morgan fingerprint density at radius 2 is 1.94 bits per heavy atom. The summed E-state index contributed by atoms with van der Waals surface area (Å²) in [6, 6.07) is 0.0475. The zero-order chi connectivity index (χ0) is 12.3. The highest BCUT2D eigenvalue weighted by Crippen LogP contribution is 2.27. The molecule has 0 heterocycles. The van der Waals surface area contributed by atoms with Crippen LogP contribution in [-0.2, 0) is 9.59 Å².